The molecular formula is C26H28F2N6O3. The van der Waals surface area contributed by atoms with Gasteiger partial charge in [-0.2, -0.15) is 0 Å². The van der Waals surface area contributed by atoms with Crippen molar-refractivity contribution in [3.63, 3.8) is 0 Å². The first-order chi connectivity index (χ1) is 17.7. The summed E-state index contributed by atoms with van der Waals surface area (Å²) in [4.78, 5) is 29.9. The first kappa shape index (κ1) is 26.0. The normalized spacial score (nSPS) is 12.2. The number of hydrogen-bond donors (Lipinski definition) is 3. The van der Waals surface area contributed by atoms with Gasteiger partial charge in [0.1, 0.15) is 5.69 Å². The van der Waals surface area contributed by atoms with Crippen molar-refractivity contribution in [3.05, 3.63) is 83.3 Å². The van der Waals surface area contributed by atoms with Gasteiger partial charge in [-0.1, -0.05) is 37.3 Å². The van der Waals surface area contributed by atoms with Crippen LogP contribution in [-0.4, -0.2) is 48.4 Å². The van der Waals surface area contributed by atoms with Gasteiger partial charge in [0, 0.05) is 29.2 Å². The summed E-state index contributed by atoms with van der Waals surface area (Å²) < 4.78 is 28.7. The maximum atomic E-state index is 13.7. The maximum absolute atomic E-state index is 13.7. The lowest BCUT2D eigenvalue weighted by atomic mass is 10.0. The van der Waals surface area contributed by atoms with E-state index in [1.807, 2.05) is 44.3 Å². The topological polar surface area (TPSA) is 116 Å². The van der Waals surface area contributed by atoms with Crippen LogP contribution < -0.4 is 5.48 Å². The molecule has 0 aliphatic carbocycles. The molecule has 2 aromatic carbocycles. The molecule has 4 rings (SSSR count). The standard InChI is InChI=1S/C26H28F2N6O3/c1-16(2)13-33(26(36)17-7-8-22(27)23(28)10-17)14-19-15-34(32-30-19)20(11-25(35)31-37)9-18-12-29-24-6-4-3-5-21(18)24/h3-8,10,12,15-16,20,29,37H,9,11,13-14H2,1-2H3,(H,31,35)/t20-/m1/s1. The third-order valence-corrected chi connectivity index (χ3v) is 6.00. The molecule has 3 N–H and O–H groups in total. The van der Waals surface area contributed by atoms with E-state index in [9.17, 15) is 18.4 Å². The third-order valence-electron chi connectivity index (χ3n) is 6.00. The fraction of sp³-hybridized carbons (Fsp3) is 0.308. The van der Waals surface area contributed by atoms with Crippen LogP contribution in [0.15, 0.2) is 54.9 Å². The average Bonchev–Trinajstić information content (AvgIpc) is 3.51. The number of rotatable bonds is 10. The first-order valence-electron chi connectivity index (χ1n) is 11.9. The summed E-state index contributed by atoms with van der Waals surface area (Å²) in [6.45, 7) is 4.32. The van der Waals surface area contributed by atoms with Gasteiger partial charge < -0.3 is 9.88 Å². The molecule has 0 aliphatic rings. The van der Waals surface area contributed by atoms with E-state index < -0.39 is 29.5 Å². The van der Waals surface area contributed by atoms with Gasteiger partial charge in [0.15, 0.2) is 11.6 Å². The van der Waals surface area contributed by atoms with Crippen molar-refractivity contribution in [1.29, 1.82) is 0 Å². The molecule has 1 atom stereocenters. The Hall–Kier alpha value is -4.12. The van der Waals surface area contributed by atoms with Crippen LogP contribution in [0.1, 0.15) is 47.9 Å². The molecule has 0 aliphatic heterocycles. The molecule has 0 spiro atoms. The second kappa shape index (κ2) is 11.3. The molecule has 37 heavy (non-hydrogen) atoms. The molecule has 0 bridgehead atoms. The number of hydrogen-bond acceptors (Lipinski definition) is 5. The summed E-state index contributed by atoms with van der Waals surface area (Å²) in [6, 6.07) is 10.4. The van der Waals surface area contributed by atoms with Gasteiger partial charge in [0.25, 0.3) is 5.91 Å². The predicted molar refractivity (Wildman–Crippen MR) is 132 cm³/mol. The van der Waals surface area contributed by atoms with E-state index in [2.05, 4.69) is 15.3 Å². The zero-order valence-electron chi connectivity index (χ0n) is 20.5. The Labute approximate surface area is 212 Å². The molecular weight excluding hydrogens is 482 g/mol. The van der Waals surface area contributed by atoms with Crippen LogP contribution in [0.25, 0.3) is 10.9 Å². The van der Waals surface area contributed by atoms with Gasteiger partial charge in [-0.15, -0.1) is 5.10 Å². The van der Waals surface area contributed by atoms with Crippen molar-refractivity contribution in [1.82, 2.24) is 30.4 Å². The van der Waals surface area contributed by atoms with Gasteiger partial charge in [-0.3, -0.25) is 14.8 Å². The summed E-state index contributed by atoms with van der Waals surface area (Å²) in [5, 5.41) is 18.5. The lowest BCUT2D eigenvalue weighted by Crippen LogP contribution is -2.34. The molecule has 4 aromatic rings. The van der Waals surface area contributed by atoms with Gasteiger partial charge >= 0.3 is 0 Å². The maximum Gasteiger partial charge on any atom is 0.254 e. The van der Waals surface area contributed by atoms with Crippen molar-refractivity contribution in [2.45, 2.75) is 39.3 Å². The summed E-state index contributed by atoms with van der Waals surface area (Å²) >= 11 is 0. The summed E-state index contributed by atoms with van der Waals surface area (Å²) in [5.41, 5.74) is 4.09. The van der Waals surface area contributed by atoms with E-state index >= 15 is 0 Å². The van der Waals surface area contributed by atoms with E-state index in [1.165, 1.54) is 11.0 Å². The van der Waals surface area contributed by atoms with E-state index in [0.29, 0.717) is 18.7 Å². The molecule has 0 radical (unpaired) electrons. The van der Waals surface area contributed by atoms with Crippen LogP contribution in [0.2, 0.25) is 0 Å². The van der Waals surface area contributed by atoms with Gasteiger partial charge in [-0.25, -0.2) is 18.9 Å². The Kier molecular flexibility index (Phi) is 7.92. The number of halogens is 2. The van der Waals surface area contributed by atoms with E-state index in [0.717, 1.165) is 28.6 Å². The number of fused-ring (bicyclic) bond motifs is 1. The number of aromatic nitrogens is 4. The number of nitrogens with one attached hydrogen (secondary N) is 2. The number of carbonyl (C=O) groups is 2. The SMILES string of the molecule is CC(C)CN(Cc1cn([C@@H](CC(=O)NO)Cc2c[nH]c3ccccc23)nn1)C(=O)c1ccc(F)c(F)c1. The van der Waals surface area contributed by atoms with Crippen LogP contribution in [-0.2, 0) is 17.8 Å². The van der Waals surface area contributed by atoms with Crippen LogP contribution in [0.5, 0.6) is 0 Å². The molecule has 194 valence electrons. The number of carbonyl (C=O) groups excluding carboxylic acids is 2. The predicted octanol–water partition coefficient (Wildman–Crippen LogP) is 4.02. The van der Waals surface area contributed by atoms with Gasteiger partial charge in [0.2, 0.25) is 5.91 Å². The molecule has 2 aromatic heterocycles. The van der Waals surface area contributed by atoms with Crippen LogP contribution in [0, 0.1) is 17.6 Å². The minimum atomic E-state index is -1.09. The molecule has 0 saturated carbocycles. The minimum Gasteiger partial charge on any atom is -0.361 e. The second-order valence-electron chi connectivity index (χ2n) is 9.35. The summed E-state index contributed by atoms with van der Waals surface area (Å²) in [5.74, 6) is -3.05. The van der Waals surface area contributed by atoms with Gasteiger partial charge in [0.05, 0.1) is 25.2 Å². The fourth-order valence-corrected chi connectivity index (χ4v) is 4.30. The Morgan fingerprint density at radius 2 is 1.95 bits per heavy atom. The van der Waals surface area contributed by atoms with Crippen LogP contribution in [0.3, 0.4) is 0 Å². The fourth-order valence-electron chi connectivity index (χ4n) is 4.30. The number of hydroxylamine groups is 1. The number of benzene rings is 2. The highest BCUT2D eigenvalue weighted by Gasteiger charge is 2.23. The smallest absolute Gasteiger partial charge is 0.254 e. The highest BCUT2D eigenvalue weighted by Crippen LogP contribution is 2.25. The molecule has 11 heteroatoms. The van der Waals surface area contributed by atoms with Crippen LogP contribution >= 0.6 is 0 Å². The Balaban J connectivity index is 1.57. The quantitative estimate of drug-likeness (QED) is 0.220. The molecule has 0 saturated heterocycles. The van der Waals surface area contributed by atoms with Crippen molar-refractivity contribution < 1.29 is 23.6 Å². The average molecular weight is 511 g/mol. The summed E-state index contributed by atoms with van der Waals surface area (Å²) in [7, 11) is 0. The zero-order chi connectivity index (χ0) is 26.5. The number of nitrogens with zero attached hydrogens (tertiary/aromatic N) is 4. The number of para-hydroxylation sites is 1. The van der Waals surface area contributed by atoms with E-state index in [-0.39, 0.29) is 24.4 Å². The molecule has 2 amide bonds. The minimum absolute atomic E-state index is 0.0313. The largest absolute Gasteiger partial charge is 0.361 e. The van der Waals surface area contributed by atoms with Crippen molar-refractivity contribution in [2.75, 3.05) is 6.54 Å². The number of aromatic amines is 1. The van der Waals surface area contributed by atoms with Crippen LogP contribution in [0.4, 0.5) is 8.78 Å². The first-order valence-corrected chi connectivity index (χ1v) is 11.9. The third kappa shape index (κ3) is 6.18. The van der Waals surface area contributed by atoms with E-state index in [1.54, 1.807) is 16.4 Å². The molecule has 9 nitrogen and oxygen atoms in total. The molecule has 0 unspecified atom stereocenters. The lowest BCUT2D eigenvalue weighted by Gasteiger charge is -2.24. The zero-order valence-corrected chi connectivity index (χ0v) is 20.5. The number of amides is 2. The summed E-state index contributed by atoms with van der Waals surface area (Å²) in [6.07, 6.45) is 3.90. The lowest BCUT2D eigenvalue weighted by molar-refractivity contribution is -0.130. The van der Waals surface area contributed by atoms with Gasteiger partial charge in [-0.05, 0) is 42.2 Å². The highest BCUT2D eigenvalue weighted by atomic mass is 19.2. The van der Waals surface area contributed by atoms with Crippen molar-refractivity contribution >= 4 is 22.7 Å². The second-order valence-corrected chi connectivity index (χ2v) is 9.35. The van der Waals surface area contributed by atoms with Crippen molar-refractivity contribution in [3.8, 4) is 0 Å². The Morgan fingerprint density at radius 3 is 2.68 bits per heavy atom. The van der Waals surface area contributed by atoms with Crippen molar-refractivity contribution in [2.24, 2.45) is 5.92 Å². The highest BCUT2D eigenvalue weighted by molar-refractivity contribution is 5.94. The molecule has 2 heterocycles. The Bertz CT molecular complexity index is 1400. The Morgan fingerprint density at radius 1 is 1.16 bits per heavy atom. The van der Waals surface area contributed by atoms with E-state index in [4.69, 9.17) is 5.21 Å². The number of H-pyrrole nitrogens is 1. The monoisotopic (exact) mass is 510 g/mol. The molecule has 0 fully saturated rings.